The van der Waals surface area contributed by atoms with Crippen LogP contribution in [0.15, 0.2) is 47.5 Å². The number of hydrogen-bond acceptors (Lipinski definition) is 6. The van der Waals surface area contributed by atoms with Gasteiger partial charge in [-0.1, -0.05) is 17.7 Å². The fourth-order valence-electron chi connectivity index (χ4n) is 3.15. The van der Waals surface area contributed by atoms with E-state index in [9.17, 15) is 14.4 Å². The second kappa shape index (κ2) is 8.77. The molecule has 3 rings (SSSR count). The summed E-state index contributed by atoms with van der Waals surface area (Å²) in [5.41, 5.74) is 2.48. The van der Waals surface area contributed by atoms with Gasteiger partial charge in [-0.15, -0.1) is 0 Å². The third kappa shape index (κ3) is 4.32. The van der Waals surface area contributed by atoms with Crippen LogP contribution in [-0.4, -0.2) is 37.8 Å². The van der Waals surface area contributed by atoms with Crippen LogP contribution in [0.3, 0.4) is 0 Å². The summed E-state index contributed by atoms with van der Waals surface area (Å²) in [6, 6.07) is 11.5. The van der Waals surface area contributed by atoms with E-state index in [4.69, 9.17) is 9.47 Å². The molecule has 0 unspecified atom stereocenters. The molecule has 8 nitrogen and oxygen atoms in total. The Morgan fingerprint density at radius 1 is 1.03 bits per heavy atom. The topological polar surface area (TPSA) is 97.3 Å². The second-order valence-electron chi connectivity index (χ2n) is 6.92. The van der Waals surface area contributed by atoms with Crippen LogP contribution in [0.25, 0.3) is 0 Å². The number of methoxy groups -OCH3 is 2. The van der Waals surface area contributed by atoms with Crippen molar-refractivity contribution >= 4 is 29.2 Å². The number of hydrogen-bond donors (Lipinski definition) is 1. The van der Waals surface area contributed by atoms with Crippen molar-refractivity contribution in [3.05, 3.63) is 53.6 Å². The van der Waals surface area contributed by atoms with Gasteiger partial charge in [0.1, 0.15) is 11.5 Å². The monoisotopic (exact) mass is 409 g/mol. The highest BCUT2D eigenvalue weighted by atomic mass is 16.5. The minimum atomic E-state index is -1.18. The van der Waals surface area contributed by atoms with Crippen molar-refractivity contribution in [1.29, 1.82) is 0 Å². The lowest BCUT2D eigenvalue weighted by atomic mass is 9.99. The number of nitrogens with zero attached hydrogens (tertiary/aromatic N) is 2. The predicted molar refractivity (Wildman–Crippen MR) is 112 cm³/mol. The zero-order chi connectivity index (χ0) is 21.8. The van der Waals surface area contributed by atoms with E-state index < -0.39 is 23.8 Å². The maximum absolute atomic E-state index is 13.0. The van der Waals surface area contributed by atoms with Crippen LogP contribution in [0.2, 0.25) is 0 Å². The third-order valence-corrected chi connectivity index (χ3v) is 4.79. The maximum Gasteiger partial charge on any atom is 0.335 e. The number of aliphatic imine (C=N–C) groups is 1. The number of benzene rings is 2. The standard InChI is InChI=1S/C22H23N3O5/c1-13-5-7-16(8-6-13)25-21(27)19(20(26)24-22(25)28)14(2)23-12-15-9-17(29-3)11-18(10-15)30-4/h5-11,19H,12H2,1-4H3,(H,24,26,28)/t19-/m0/s1. The van der Waals surface area contributed by atoms with E-state index in [1.807, 2.05) is 6.92 Å². The first-order valence-corrected chi connectivity index (χ1v) is 9.32. The lowest BCUT2D eigenvalue weighted by molar-refractivity contribution is -0.131. The summed E-state index contributed by atoms with van der Waals surface area (Å²) in [7, 11) is 3.10. The molecule has 1 aliphatic rings. The fourth-order valence-corrected chi connectivity index (χ4v) is 3.15. The van der Waals surface area contributed by atoms with Gasteiger partial charge in [0.15, 0.2) is 5.92 Å². The van der Waals surface area contributed by atoms with Gasteiger partial charge in [-0.05, 0) is 43.7 Å². The largest absolute Gasteiger partial charge is 0.497 e. The quantitative estimate of drug-likeness (QED) is 0.584. The van der Waals surface area contributed by atoms with Gasteiger partial charge in [0.25, 0.3) is 5.91 Å². The summed E-state index contributed by atoms with van der Waals surface area (Å²) < 4.78 is 10.5. The zero-order valence-electron chi connectivity index (χ0n) is 17.3. The fraction of sp³-hybridized carbons (Fsp3) is 0.273. The summed E-state index contributed by atoms with van der Waals surface area (Å²) >= 11 is 0. The lowest BCUT2D eigenvalue weighted by Crippen LogP contribution is -2.60. The summed E-state index contributed by atoms with van der Waals surface area (Å²) in [6.45, 7) is 3.72. The van der Waals surface area contributed by atoms with Crippen LogP contribution in [0, 0.1) is 12.8 Å². The number of aryl methyl sites for hydroxylation is 1. The molecular formula is C22H23N3O5. The van der Waals surface area contributed by atoms with E-state index in [0.717, 1.165) is 16.0 Å². The van der Waals surface area contributed by atoms with Crippen LogP contribution in [0.1, 0.15) is 18.1 Å². The number of carbonyl (C=O) groups excluding carboxylic acids is 3. The van der Waals surface area contributed by atoms with Gasteiger partial charge in [0.05, 0.1) is 26.5 Å². The van der Waals surface area contributed by atoms with Crippen molar-refractivity contribution in [3.8, 4) is 11.5 Å². The van der Waals surface area contributed by atoms with Crippen LogP contribution >= 0.6 is 0 Å². The highest BCUT2D eigenvalue weighted by Gasteiger charge is 2.42. The van der Waals surface area contributed by atoms with Gasteiger partial charge in [0, 0.05) is 11.8 Å². The van der Waals surface area contributed by atoms with Gasteiger partial charge in [-0.3, -0.25) is 19.9 Å². The summed E-state index contributed by atoms with van der Waals surface area (Å²) in [5.74, 6) is -1.27. The SMILES string of the molecule is COc1cc(CN=C(C)[C@H]2C(=O)NC(=O)N(c3ccc(C)cc3)C2=O)cc(OC)c1. The number of carbonyl (C=O) groups is 3. The minimum Gasteiger partial charge on any atom is -0.497 e. The van der Waals surface area contributed by atoms with Crippen LogP contribution in [0.5, 0.6) is 11.5 Å². The Morgan fingerprint density at radius 2 is 1.63 bits per heavy atom. The molecular weight excluding hydrogens is 386 g/mol. The van der Waals surface area contributed by atoms with E-state index in [2.05, 4.69) is 10.3 Å². The number of rotatable bonds is 6. The lowest BCUT2D eigenvalue weighted by Gasteiger charge is -2.30. The maximum atomic E-state index is 13.0. The molecule has 0 bridgehead atoms. The normalized spacial score (nSPS) is 17.1. The van der Waals surface area contributed by atoms with E-state index in [0.29, 0.717) is 22.9 Å². The first-order valence-electron chi connectivity index (χ1n) is 9.32. The van der Waals surface area contributed by atoms with Crippen LogP contribution < -0.4 is 19.7 Å². The van der Waals surface area contributed by atoms with Crippen molar-refractivity contribution in [1.82, 2.24) is 5.32 Å². The average Bonchev–Trinajstić information content (AvgIpc) is 2.73. The number of imide groups is 2. The summed E-state index contributed by atoms with van der Waals surface area (Å²) in [5, 5.41) is 2.24. The molecule has 1 N–H and O–H groups in total. The molecule has 8 heteroatoms. The molecule has 0 aliphatic carbocycles. The molecule has 2 aromatic carbocycles. The van der Waals surface area contributed by atoms with Crippen molar-refractivity contribution in [3.63, 3.8) is 0 Å². The molecule has 1 heterocycles. The molecule has 1 aliphatic heterocycles. The minimum absolute atomic E-state index is 0.217. The Hall–Kier alpha value is -3.68. The van der Waals surface area contributed by atoms with E-state index in [1.165, 1.54) is 0 Å². The zero-order valence-corrected chi connectivity index (χ0v) is 17.3. The number of anilines is 1. The molecule has 0 spiro atoms. The van der Waals surface area contributed by atoms with Crippen molar-refractivity contribution in [2.75, 3.05) is 19.1 Å². The van der Waals surface area contributed by atoms with E-state index in [1.54, 1.807) is 63.6 Å². The first-order chi connectivity index (χ1) is 14.3. The predicted octanol–water partition coefficient (Wildman–Crippen LogP) is 2.87. The van der Waals surface area contributed by atoms with Crippen LogP contribution in [-0.2, 0) is 16.1 Å². The number of urea groups is 1. The van der Waals surface area contributed by atoms with Crippen molar-refractivity contribution < 1.29 is 23.9 Å². The van der Waals surface area contributed by atoms with Crippen molar-refractivity contribution in [2.45, 2.75) is 20.4 Å². The number of nitrogens with one attached hydrogen (secondary N) is 1. The molecule has 0 saturated carbocycles. The van der Waals surface area contributed by atoms with Gasteiger partial charge >= 0.3 is 6.03 Å². The molecule has 1 fully saturated rings. The highest BCUT2D eigenvalue weighted by molar-refractivity contribution is 6.35. The third-order valence-electron chi connectivity index (χ3n) is 4.79. The van der Waals surface area contributed by atoms with E-state index in [-0.39, 0.29) is 6.54 Å². The first kappa shape index (κ1) is 21.0. The number of amides is 4. The smallest absolute Gasteiger partial charge is 0.335 e. The Bertz CT molecular complexity index is 992. The van der Waals surface area contributed by atoms with Crippen LogP contribution in [0.4, 0.5) is 10.5 Å². The average molecular weight is 409 g/mol. The Balaban J connectivity index is 1.86. The summed E-state index contributed by atoms with van der Waals surface area (Å²) in [6.07, 6.45) is 0. The van der Waals surface area contributed by atoms with Crippen molar-refractivity contribution in [2.24, 2.45) is 10.9 Å². The second-order valence-corrected chi connectivity index (χ2v) is 6.92. The molecule has 156 valence electrons. The molecule has 30 heavy (non-hydrogen) atoms. The number of barbiturate groups is 1. The molecule has 4 amide bonds. The molecule has 0 aromatic heterocycles. The molecule has 2 aromatic rings. The van der Waals surface area contributed by atoms with Gasteiger partial charge in [-0.25, -0.2) is 9.69 Å². The Kier molecular flexibility index (Phi) is 6.15. The summed E-state index contributed by atoms with van der Waals surface area (Å²) in [4.78, 5) is 43.1. The molecule has 0 radical (unpaired) electrons. The van der Waals surface area contributed by atoms with Gasteiger partial charge in [0.2, 0.25) is 5.91 Å². The Morgan fingerprint density at radius 3 is 2.20 bits per heavy atom. The Labute approximate surface area is 174 Å². The van der Waals surface area contributed by atoms with E-state index >= 15 is 0 Å². The highest BCUT2D eigenvalue weighted by Crippen LogP contribution is 2.24. The van der Waals surface area contributed by atoms with Gasteiger partial charge < -0.3 is 9.47 Å². The molecule has 1 atom stereocenters. The molecule has 1 saturated heterocycles. The van der Waals surface area contributed by atoms with Gasteiger partial charge in [-0.2, -0.15) is 0 Å². The number of ether oxygens (including phenoxy) is 2.